The Hall–Kier alpha value is -1.75. The largest absolute Gasteiger partial charge is 0.383 e. The number of nitrogens with one attached hydrogen (secondary N) is 1. The van der Waals surface area contributed by atoms with Gasteiger partial charge in [-0.3, -0.25) is 4.79 Å². The first-order valence-electron chi connectivity index (χ1n) is 4.90. The summed E-state index contributed by atoms with van der Waals surface area (Å²) in [6.07, 6.45) is 0. The summed E-state index contributed by atoms with van der Waals surface area (Å²) in [7, 11) is 1.56. The van der Waals surface area contributed by atoms with Crippen molar-refractivity contribution in [2.45, 2.75) is 6.92 Å². The molecule has 0 heterocycles. The van der Waals surface area contributed by atoms with Gasteiger partial charge in [-0.25, -0.2) is 0 Å². The lowest BCUT2D eigenvalue weighted by Gasteiger charge is -2.07. The van der Waals surface area contributed by atoms with Crippen LogP contribution in [0.4, 0.5) is 5.69 Å². The predicted molar refractivity (Wildman–Crippen MR) is 60.8 cm³/mol. The van der Waals surface area contributed by atoms with E-state index in [4.69, 9.17) is 4.74 Å². The number of hydrogen-bond donors (Lipinski definition) is 1. The highest BCUT2D eigenvalue weighted by Gasteiger charge is 2.09. The molecule has 1 rings (SSSR count). The Morgan fingerprint density at radius 2 is 2.25 bits per heavy atom. The number of aryl methyl sites for hydroxylation is 1. The van der Waals surface area contributed by atoms with E-state index < -0.39 is 0 Å². The quantitative estimate of drug-likeness (QED) is 0.609. The second kappa shape index (κ2) is 5.97. The minimum Gasteiger partial charge on any atom is -0.383 e. The van der Waals surface area contributed by atoms with Crippen LogP contribution in [-0.4, -0.2) is 26.2 Å². The van der Waals surface area contributed by atoms with Crippen LogP contribution >= 0.6 is 0 Å². The number of rotatable bonds is 5. The second-order valence-corrected chi connectivity index (χ2v) is 3.34. The fourth-order valence-electron chi connectivity index (χ4n) is 1.27. The number of nitroso groups, excluding NO2 is 1. The fourth-order valence-corrected chi connectivity index (χ4v) is 1.27. The molecule has 0 fully saturated rings. The highest BCUT2D eigenvalue weighted by molar-refractivity contribution is 5.96. The number of nitrogens with zero attached hydrogens (tertiary/aromatic N) is 1. The van der Waals surface area contributed by atoms with Gasteiger partial charge in [0, 0.05) is 19.2 Å². The minimum atomic E-state index is -0.222. The molecule has 0 aliphatic rings. The van der Waals surface area contributed by atoms with E-state index in [1.807, 2.05) is 0 Å². The summed E-state index contributed by atoms with van der Waals surface area (Å²) in [5.41, 5.74) is 1.53. The number of ether oxygens (including phenoxy) is 1. The molecule has 0 aromatic heterocycles. The SMILES string of the molecule is COCCNC(=O)c1cc(N=O)ccc1C. The summed E-state index contributed by atoms with van der Waals surface area (Å²) in [6.45, 7) is 2.70. The average Bonchev–Trinajstić information content (AvgIpc) is 2.30. The van der Waals surface area contributed by atoms with Gasteiger partial charge in [0.05, 0.1) is 6.61 Å². The van der Waals surface area contributed by atoms with Crippen LogP contribution in [0.3, 0.4) is 0 Å². The van der Waals surface area contributed by atoms with Crippen molar-refractivity contribution in [1.82, 2.24) is 5.32 Å². The molecule has 1 N–H and O–H groups in total. The van der Waals surface area contributed by atoms with E-state index in [1.165, 1.54) is 6.07 Å². The minimum absolute atomic E-state index is 0.222. The van der Waals surface area contributed by atoms with Crippen LogP contribution < -0.4 is 5.32 Å². The van der Waals surface area contributed by atoms with Crippen LogP contribution in [-0.2, 0) is 4.74 Å². The predicted octanol–water partition coefficient (Wildman–Crippen LogP) is 1.77. The molecule has 0 saturated heterocycles. The standard InChI is InChI=1S/C11H14N2O3/c1-8-3-4-9(13-15)7-10(8)11(14)12-5-6-16-2/h3-4,7H,5-6H2,1-2H3,(H,12,14). The smallest absolute Gasteiger partial charge is 0.251 e. The lowest BCUT2D eigenvalue weighted by atomic mass is 10.1. The highest BCUT2D eigenvalue weighted by Crippen LogP contribution is 2.17. The van der Waals surface area contributed by atoms with Crippen LogP contribution in [0.1, 0.15) is 15.9 Å². The summed E-state index contributed by atoms with van der Waals surface area (Å²) in [6, 6.07) is 4.75. The van der Waals surface area contributed by atoms with Crippen molar-refractivity contribution in [2.24, 2.45) is 5.18 Å². The van der Waals surface area contributed by atoms with Gasteiger partial charge >= 0.3 is 0 Å². The van der Waals surface area contributed by atoms with Gasteiger partial charge in [-0.2, -0.15) is 0 Å². The van der Waals surface area contributed by atoms with Crippen molar-refractivity contribution < 1.29 is 9.53 Å². The van der Waals surface area contributed by atoms with E-state index in [0.717, 1.165) is 5.56 Å². The van der Waals surface area contributed by atoms with Gasteiger partial charge in [0.1, 0.15) is 5.69 Å². The molecule has 0 aliphatic heterocycles. The summed E-state index contributed by atoms with van der Waals surface area (Å²) < 4.78 is 4.82. The zero-order valence-corrected chi connectivity index (χ0v) is 9.32. The number of amides is 1. The van der Waals surface area contributed by atoms with Crippen molar-refractivity contribution in [3.63, 3.8) is 0 Å². The van der Waals surface area contributed by atoms with Crippen molar-refractivity contribution in [2.75, 3.05) is 20.3 Å². The van der Waals surface area contributed by atoms with Crippen molar-refractivity contribution in [3.8, 4) is 0 Å². The molecule has 0 bridgehead atoms. The van der Waals surface area contributed by atoms with Gasteiger partial charge in [-0.15, -0.1) is 4.91 Å². The zero-order valence-electron chi connectivity index (χ0n) is 9.32. The molecule has 0 saturated carbocycles. The van der Waals surface area contributed by atoms with Gasteiger partial charge in [0.25, 0.3) is 5.91 Å². The number of benzene rings is 1. The molecule has 0 atom stereocenters. The number of hydrogen-bond acceptors (Lipinski definition) is 4. The van der Waals surface area contributed by atoms with Crippen molar-refractivity contribution >= 4 is 11.6 Å². The van der Waals surface area contributed by atoms with E-state index in [9.17, 15) is 9.70 Å². The van der Waals surface area contributed by atoms with Crippen LogP contribution in [0.2, 0.25) is 0 Å². The molecular weight excluding hydrogens is 208 g/mol. The molecule has 86 valence electrons. The molecule has 0 unspecified atom stereocenters. The Bertz CT molecular complexity index is 391. The molecule has 1 amide bonds. The topological polar surface area (TPSA) is 67.8 Å². The lowest BCUT2D eigenvalue weighted by molar-refractivity contribution is 0.0936. The molecule has 0 spiro atoms. The van der Waals surface area contributed by atoms with E-state index >= 15 is 0 Å². The summed E-state index contributed by atoms with van der Waals surface area (Å²) in [5.74, 6) is -0.222. The van der Waals surface area contributed by atoms with Crippen LogP contribution in [0.15, 0.2) is 23.4 Å². The Labute approximate surface area is 93.8 Å². The molecule has 5 nitrogen and oxygen atoms in total. The molecule has 16 heavy (non-hydrogen) atoms. The van der Waals surface area contributed by atoms with Crippen LogP contribution in [0, 0.1) is 11.8 Å². The van der Waals surface area contributed by atoms with E-state index in [2.05, 4.69) is 10.5 Å². The van der Waals surface area contributed by atoms with Gasteiger partial charge in [-0.05, 0) is 29.8 Å². The number of carbonyl (C=O) groups excluding carboxylic acids is 1. The maximum Gasteiger partial charge on any atom is 0.251 e. The molecule has 5 heteroatoms. The average molecular weight is 222 g/mol. The number of methoxy groups -OCH3 is 1. The first-order valence-corrected chi connectivity index (χ1v) is 4.90. The van der Waals surface area contributed by atoms with Crippen LogP contribution in [0.25, 0.3) is 0 Å². The van der Waals surface area contributed by atoms with Gasteiger partial charge in [-0.1, -0.05) is 6.07 Å². The Morgan fingerprint density at radius 3 is 2.88 bits per heavy atom. The second-order valence-electron chi connectivity index (χ2n) is 3.34. The van der Waals surface area contributed by atoms with Gasteiger partial charge < -0.3 is 10.1 Å². The van der Waals surface area contributed by atoms with E-state index in [-0.39, 0.29) is 11.6 Å². The highest BCUT2D eigenvalue weighted by atomic mass is 16.5. The lowest BCUT2D eigenvalue weighted by Crippen LogP contribution is -2.27. The molecule has 0 radical (unpaired) electrons. The third-order valence-corrected chi connectivity index (χ3v) is 2.16. The number of carbonyl (C=O) groups is 1. The maximum absolute atomic E-state index is 11.7. The Morgan fingerprint density at radius 1 is 1.50 bits per heavy atom. The third kappa shape index (κ3) is 3.13. The zero-order chi connectivity index (χ0) is 12.0. The third-order valence-electron chi connectivity index (χ3n) is 2.16. The first-order chi connectivity index (χ1) is 7.69. The monoisotopic (exact) mass is 222 g/mol. The maximum atomic E-state index is 11.7. The van der Waals surface area contributed by atoms with E-state index in [0.29, 0.717) is 18.7 Å². The molecule has 0 aliphatic carbocycles. The van der Waals surface area contributed by atoms with E-state index in [1.54, 1.807) is 26.2 Å². The molecule has 1 aromatic carbocycles. The normalized spacial score (nSPS) is 9.88. The Balaban J connectivity index is 2.77. The fraction of sp³-hybridized carbons (Fsp3) is 0.364. The van der Waals surface area contributed by atoms with Crippen molar-refractivity contribution in [1.29, 1.82) is 0 Å². The summed E-state index contributed by atoms with van der Waals surface area (Å²) in [4.78, 5) is 22.0. The van der Waals surface area contributed by atoms with Crippen LogP contribution in [0.5, 0.6) is 0 Å². The molecular formula is C11H14N2O3. The summed E-state index contributed by atoms with van der Waals surface area (Å²) in [5, 5.41) is 5.48. The van der Waals surface area contributed by atoms with Crippen molar-refractivity contribution in [3.05, 3.63) is 34.2 Å². The van der Waals surface area contributed by atoms with Gasteiger partial charge in [0.2, 0.25) is 0 Å². The summed E-state index contributed by atoms with van der Waals surface area (Å²) >= 11 is 0. The molecule has 1 aromatic rings. The van der Waals surface area contributed by atoms with Gasteiger partial charge in [0.15, 0.2) is 0 Å². The first kappa shape index (κ1) is 12.3. The Kier molecular flexibility index (Phi) is 4.60.